The van der Waals surface area contributed by atoms with E-state index in [9.17, 15) is 18.8 Å². The van der Waals surface area contributed by atoms with Crippen LogP contribution >= 0.6 is 0 Å². The highest BCUT2D eigenvalue weighted by Crippen LogP contribution is 2.38. The highest BCUT2D eigenvalue weighted by atomic mass is 19.1. The predicted molar refractivity (Wildman–Crippen MR) is 126 cm³/mol. The van der Waals surface area contributed by atoms with Gasteiger partial charge in [-0.25, -0.2) is 14.1 Å². The van der Waals surface area contributed by atoms with E-state index >= 15 is 0 Å². The molecule has 9 nitrogen and oxygen atoms in total. The van der Waals surface area contributed by atoms with Crippen LogP contribution in [0.1, 0.15) is 34.6 Å². The number of amides is 2. The lowest BCUT2D eigenvalue weighted by Crippen LogP contribution is -2.57. The molecule has 10 heteroatoms. The van der Waals surface area contributed by atoms with E-state index in [4.69, 9.17) is 0 Å². The Bertz CT molecular complexity index is 1310. The van der Waals surface area contributed by atoms with Crippen LogP contribution in [0.4, 0.5) is 10.1 Å². The maximum Gasteiger partial charge on any atom is 0.290 e. The van der Waals surface area contributed by atoms with Gasteiger partial charge < -0.3 is 15.1 Å². The molecule has 0 saturated carbocycles. The van der Waals surface area contributed by atoms with Gasteiger partial charge in [0.2, 0.25) is 5.78 Å². The maximum absolute atomic E-state index is 14.9. The topological polar surface area (TPSA) is 100 Å². The number of halogens is 1. The minimum absolute atomic E-state index is 0.108. The van der Waals surface area contributed by atoms with Gasteiger partial charge >= 0.3 is 0 Å². The second-order valence-corrected chi connectivity index (χ2v) is 8.85. The Hall–Kier alpha value is -4.08. The second kappa shape index (κ2) is 8.94. The van der Waals surface area contributed by atoms with Crippen molar-refractivity contribution >= 4 is 23.3 Å². The summed E-state index contributed by atoms with van der Waals surface area (Å²) >= 11 is 0. The molecule has 1 fully saturated rings. The highest BCUT2D eigenvalue weighted by molar-refractivity contribution is 6.38. The van der Waals surface area contributed by atoms with E-state index in [1.807, 2.05) is 13.0 Å². The fourth-order valence-electron chi connectivity index (χ4n) is 4.79. The first kappa shape index (κ1) is 22.7. The number of Topliss-reactive ketones (excluding diaryl/α,β-unsaturated/α-hetero) is 1. The van der Waals surface area contributed by atoms with Crippen LogP contribution in [-0.4, -0.2) is 74.4 Å². The molecule has 1 aromatic heterocycles. The van der Waals surface area contributed by atoms with Crippen molar-refractivity contribution in [2.75, 3.05) is 31.5 Å². The average Bonchev–Trinajstić information content (AvgIpc) is 3.51. The molecule has 0 spiro atoms. The fraction of sp³-hybridized carbons (Fsp3) is 0.320. The van der Waals surface area contributed by atoms with Gasteiger partial charge in [0.15, 0.2) is 0 Å². The molecule has 0 radical (unpaired) electrons. The average molecular weight is 477 g/mol. The van der Waals surface area contributed by atoms with Crippen molar-refractivity contribution in [1.82, 2.24) is 24.6 Å². The summed E-state index contributed by atoms with van der Waals surface area (Å²) in [5, 5.41) is 7.35. The third kappa shape index (κ3) is 4.05. The number of nitrogens with zero attached hydrogens (tertiary/aromatic N) is 5. The number of piperazine rings is 1. The molecule has 1 saturated heterocycles. The third-order valence-corrected chi connectivity index (χ3v) is 6.58. The van der Waals surface area contributed by atoms with Gasteiger partial charge in [-0.15, -0.1) is 0 Å². The molecule has 35 heavy (non-hydrogen) atoms. The molecular weight excluding hydrogens is 451 g/mol. The third-order valence-electron chi connectivity index (χ3n) is 6.58. The first-order valence-electron chi connectivity index (χ1n) is 11.5. The number of hydrogen-bond donors (Lipinski definition) is 1. The molecule has 0 bridgehead atoms. The Labute approximate surface area is 201 Å². The lowest BCUT2D eigenvalue weighted by atomic mass is 9.94. The molecule has 3 aromatic rings. The van der Waals surface area contributed by atoms with Crippen molar-refractivity contribution in [3.05, 3.63) is 71.6 Å². The molecular formula is C25H25FN6O3. The molecule has 2 unspecified atom stereocenters. The molecule has 180 valence electrons. The first-order chi connectivity index (χ1) is 16.8. The van der Waals surface area contributed by atoms with Gasteiger partial charge in [0.05, 0.1) is 17.3 Å². The van der Waals surface area contributed by atoms with Crippen molar-refractivity contribution in [3.8, 4) is 5.69 Å². The van der Waals surface area contributed by atoms with Crippen LogP contribution in [0.2, 0.25) is 0 Å². The van der Waals surface area contributed by atoms with Gasteiger partial charge in [0.25, 0.3) is 11.8 Å². The summed E-state index contributed by atoms with van der Waals surface area (Å²) in [4.78, 5) is 46.5. The Morgan fingerprint density at radius 3 is 2.54 bits per heavy atom. The van der Waals surface area contributed by atoms with Crippen molar-refractivity contribution < 1.29 is 18.8 Å². The number of hydrogen-bond acceptors (Lipinski definition) is 6. The standard InChI is InChI=1S/C25H25FN6O3/c1-15-13-30(10-11-31(15)24(34)17-6-4-3-5-7-17)25(35)23(33)18-12-27-22-20(9-8-19(26)21(18)22)32-14-28-16(2)29-32/h3-9,14-15,18,27H,10-13H2,1-2H3. The SMILES string of the molecule is Cc1ncn(-c2ccc(F)c3c2NCC3C(=O)C(=O)N2CCN(C(=O)c3ccccc3)C(C)C2)n1. The number of nitrogens with one attached hydrogen (secondary N) is 1. The Balaban J connectivity index is 1.32. The number of ketones is 1. The van der Waals surface area contributed by atoms with E-state index in [2.05, 4.69) is 15.4 Å². The largest absolute Gasteiger partial charge is 0.382 e. The van der Waals surface area contributed by atoms with E-state index in [1.54, 1.807) is 42.2 Å². The summed E-state index contributed by atoms with van der Waals surface area (Å²) in [6.45, 7) is 4.50. The zero-order valence-corrected chi connectivity index (χ0v) is 19.4. The number of carbonyl (C=O) groups excluding carboxylic acids is 3. The van der Waals surface area contributed by atoms with Gasteiger partial charge in [0, 0.05) is 43.3 Å². The Morgan fingerprint density at radius 1 is 1.09 bits per heavy atom. The molecule has 2 atom stereocenters. The Kier molecular flexibility index (Phi) is 5.80. The van der Waals surface area contributed by atoms with Crippen molar-refractivity contribution in [2.45, 2.75) is 25.8 Å². The number of aryl methyl sites for hydroxylation is 1. The normalized spacial score (nSPS) is 19.3. The van der Waals surface area contributed by atoms with Gasteiger partial charge in [0.1, 0.15) is 18.0 Å². The number of carbonyl (C=O) groups is 3. The van der Waals surface area contributed by atoms with Crippen LogP contribution in [0.15, 0.2) is 48.8 Å². The minimum atomic E-state index is -0.943. The van der Waals surface area contributed by atoms with Crippen molar-refractivity contribution in [2.24, 2.45) is 0 Å². The van der Waals surface area contributed by atoms with Crippen LogP contribution in [0.3, 0.4) is 0 Å². The first-order valence-corrected chi connectivity index (χ1v) is 11.5. The quantitative estimate of drug-likeness (QED) is 0.580. The lowest BCUT2D eigenvalue weighted by molar-refractivity contribution is -0.146. The zero-order valence-electron chi connectivity index (χ0n) is 19.4. The number of benzene rings is 2. The fourth-order valence-corrected chi connectivity index (χ4v) is 4.79. The number of aromatic nitrogens is 3. The lowest BCUT2D eigenvalue weighted by Gasteiger charge is -2.39. The van der Waals surface area contributed by atoms with E-state index in [1.165, 1.54) is 22.0 Å². The molecule has 5 rings (SSSR count). The molecule has 2 aliphatic heterocycles. The molecule has 2 amide bonds. The number of fused-ring (bicyclic) bond motifs is 1. The van der Waals surface area contributed by atoms with E-state index < -0.39 is 23.4 Å². The van der Waals surface area contributed by atoms with Crippen LogP contribution < -0.4 is 5.32 Å². The smallest absolute Gasteiger partial charge is 0.290 e. The Morgan fingerprint density at radius 2 is 1.86 bits per heavy atom. The van der Waals surface area contributed by atoms with Gasteiger partial charge in [-0.3, -0.25) is 14.4 Å². The summed E-state index contributed by atoms with van der Waals surface area (Å²) in [5.74, 6) is -2.38. The van der Waals surface area contributed by atoms with Crippen LogP contribution in [0.5, 0.6) is 0 Å². The summed E-state index contributed by atoms with van der Waals surface area (Å²) < 4.78 is 16.4. The maximum atomic E-state index is 14.9. The van der Waals surface area contributed by atoms with Gasteiger partial charge in [-0.1, -0.05) is 18.2 Å². The zero-order chi connectivity index (χ0) is 24.7. The predicted octanol–water partition coefficient (Wildman–Crippen LogP) is 2.17. The van der Waals surface area contributed by atoms with Gasteiger partial charge in [-0.2, -0.15) is 5.10 Å². The van der Waals surface area contributed by atoms with Gasteiger partial charge in [-0.05, 0) is 38.1 Å². The monoisotopic (exact) mass is 476 g/mol. The summed E-state index contributed by atoms with van der Waals surface area (Å²) in [6.07, 6.45) is 1.52. The molecule has 2 aromatic carbocycles. The molecule has 2 aliphatic rings. The van der Waals surface area contributed by atoms with Crippen molar-refractivity contribution in [3.63, 3.8) is 0 Å². The molecule has 3 heterocycles. The highest BCUT2D eigenvalue weighted by Gasteiger charge is 2.40. The molecule has 0 aliphatic carbocycles. The summed E-state index contributed by atoms with van der Waals surface area (Å²) in [7, 11) is 0. The van der Waals surface area contributed by atoms with E-state index in [-0.39, 0.29) is 37.1 Å². The number of rotatable bonds is 4. The summed E-state index contributed by atoms with van der Waals surface area (Å²) in [6, 6.07) is 11.5. The second-order valence-electron chi connectivity index (χ2n) is 8.85. The van der Waals surface area contributed by atoms with Crippen LogP contribution in [0, 0.1) is 12.7 Å². The minimum Gasteiger partial charge on any atom is -0.382 e. The van der Waals surface area contributed by atoms with Crippen LogP contribution in [-0.2, 0) is 9.59 Å². The summed E-state index contributed by atoms with van der Waals surface area (Å²) in [5.41, 5.74) is 1.75. The van der Waals surface area contributed by atoms with Crippen LogP contribution in [0.25, 0.3) is 5.69 Å². The number of anilines is 1. The van der Waals surface area contributed by atoms with Crippen molar-refractivity contribution in [1.29, 1.82) is 0 Å². The molecule has 1 N–H and O–H groups in total. The van der Waals surface area contributed by atoms with E-state index in [0.717, 1.165) is 0 Å². The van der Waals surface area contributed by atoms with E-state index in [0.29, 0.717) is 29.3 Å².